The second-order valence-electron chi connectivity index (χ2n) is 4.86. The highest BCUT2D eigenvalue weighted by molar-refractivity contribution is 7.89. The Morgan fingerprint density at radius 1 is 1.50 bits per heavy atom. The lowest BCUT2D eigenvalue weighted by Crippen LogP contribution is -2.33. The molecule has 1 saturated carbocycles. The predicted octanol–water partition coefficient (Wildman–Crippen LogP) is 1.31. The lowest BCUT2D eigenvalue weighted by atomic mass is 10.3. The van der Waals surface area contributed by atoms with Gasteiger partial charge in [0.15, 0.2) is 0 Å². The fourth-order valence-corrected chi connectivity index (χ4v) is 3.59. The summed E-state index contributed by atoms with van der Waals surface area (Å²) in [6.07, 6.45) is 7.38. The van der Waals surface area contributed by atoms with E-state index in [9.17, 15) is 8.42 Å². The zero-order valence-electron chi connectivity index (χ0n) is 11.4. The maximum absolute atomic E-state index is 12.7. The lowest BCUT2D eigenvalue weighted by molar-refractivity contribution is 0.393. The molecule has 20 heavy (non-hydrogen) atoms. The van der Waals surface area contributed by atoms with Crippen LogP contribution in [0.2, 0.25) is 0 Å². The van der Waals surface area contributed by atoms with Crippen molar-refractivity contribution in [1.29, 1.82) is 0 Å². The molecule has 1 aliphatic carbocycles. The van der Waals surface area contributed by atoms with Crippen molar-refractivity contribution in [3.63, 3.8) is 0 Å². The van der Waals surface area contributed by atoms with Crippen LogP contribution in [0.5, 0.6) is 5.75 Å². The Morgan fingerprint density at radius 2 is 2.20 bits per heavy atom. The molecule has 0 atom stereocenters. The van der Waals surface area contributed by atoms with Crippen LogP contribution in [0, 0.1) is 18.3 Å². The summed E-state index contributed by atoms with van der Waals surface area (Å²) in [5.41, 5.74) is 6.06. The monoisotopic (exact) mass is 294 g/mol. The van der Waals surface area contributed by atoms with Crippen LogP contribution in [0.3, 0.4) is 0 Å². The SMILES string of the molecule is C#CCN(CC1CC1)S(=O)(=O)c1cc(N)ccc1OC. The number of sulfonamides is 1. The molecule has 0 amide bonds. The highest BCUT2D eigenvalue weighted by atomic mass is 32.2. The third-order valence-electron chi connectivity index (χ3n) is 3.23. The number of nitrogens with zero attached hydrogens (tertiary/aromatic N) is 1. The summed E-state index contributed by atoms with van der Waals surface area (Å²) in [5, 5.41) is 0. The summed E-state index contributed by atoms with van der Waals surface area (Å²) >= 11 is 0. The molecule has 1 fully saturated rings. The minimum Gasteiger partial charge on any atom is -0.495 e. The van der Waals surface area contributed by atoms with Gasteiger partial charge in [0.05, 0.1) is 13.7 Å². The maximum Gasteiger partial charge on any atom is 0.247 e. The Hall–Kier alpha value is -1.71. The molecule has 0 spiro atoms. The number of terminal acetylenes is 1. The van der Waals surface area contributed by atoms with Gasteiger partial charge in [-0.05, 0) is 37.0 Å². The van der Waals surface area contributed by atoms with E-state index in [4.69, 9.17) is 16.9 Å². The quantitative estimate of drug-likeness (QED) is 0.634. The van der Waals surface area contributed by atoms with Gasteiger partial charge in [-0.15, -0.1) is 6.42 Å². The highest BCUT2D eigenvalue weighted by Gasteiger charge is 2.33. The van der Waals surface area contributed by atoms with Crippen LogP contribution in [-0.2, 0) is 10.0 Å². The van der Waals surface area contributed by atoms with Crippen molar-refractivity contribution in [2.45, 2.75) is 17.7 Å². The molecule has 5 nitrogen and oxygen atoms in total. The Kier molecular flexibility index (Phi) is 4.21. The van der Waals surface area contributed by atoms with Gasteiger partial charge in [-0.1, -0.05) is 5.92 Å². The summed E-state index contributed by atoms with van der Waals surface area (Å²) in [7, 11) is -2.27. The lowest BCUT2D eigenvalue weighted by Gasteiger charge is -2.21. The van der Waals surface area contributed by atoms with E-state index in [1.165, 1.54) is 17.5 Å². The fraction of sp³-hybridized carbons (Fsp3) is 0.429. The molecule has 2 rings (SSSR count). The van der Waals surface area contributed by atoms with E-state index in [-0.39, 0.29) is 17.2 Å². The minimum atomic E-state index is -3.70. The van der Waals surface area contributed by atoms with Gasteiger partial charge in [0.25, 0.3) is 0 Å². The maximum atomic E-state index is 12.7. The topological polar surface area (TPSA) is 72.6 Å². The van der Waals surface area contributed by atoms with Gasteiger partial charge in [-0.2, -0.15) is 4.31 Å². The van der Waals surface area contributed by atoms with Crippen molar-refractivity contribution < 1.29 is 13.2 Å². The number of hydrogen-bond acceptors (Lipinski definition) is 4. The number of benzene rings is 1. The van der Waals surface area contributed by atoms with Crippen molar-refractivity contribution in [2.24, 2.45) is 5.92 Å². The number of anilines is 1. The van der Waals surface area contributed by atoms with E-state index in [1.807, 2.05) is 0 Å². The van der Waals surface area contributed by atoms with Gasteiger partial charge in [-0.3, -0.25) is 0 Å². The summed E-state index contributed by atoms with van der Waals surface area (Å²) in [6.45, 7) is 0.501. The molecule has 0 aromatic heterocycles. The van der Waals surface area contributed by atoms with E-state index in [0.29, 0.717) is 18.2 Å². The fourth-order valence-electron chi connectivity index (χ4n) is 1.97. The van der Waals surface area contributed by atoms with Crippen LogP contribution in [0.4, 0.5) is 5.69 Å². The molecule has 1 aromatic rings. The molecular formula is C14H18N2O3S. The number of nitrogens with two attached hydrogens (primary N) is 1. The Balaban J connectivity index is 2.40. The molecule has 0 radical (unpaired) electrons. The summed E-state index contributed by atoms with van der Waals surface area (Å²) in [4.78, 5) is 0.0656. The van der Waals surface area contributed by atoms with Crippen LogP contribution in [-0.4, -0.2) is 32.9 Å². The molecule has 0 heterocycles. The van der Waals surface area contributed by atoms with Gasteiger partial charge >= 0.3 is 0 Å². The van der Waals surface area contributed by atoms with Gasteiger partial charge in [0, 0.05) is 12.2 Å². The smallest absolute Gasteiger partial charge is 0.247 e. The van der Waals surface area contributed by atoms with Crippen LogP contribution in [0.15, 0.2) is 23.1 Å². The van der Waals surface area contributed by atoms with Crippen LogP contribution >= 0.6 is 0 Å². The molecule has 0 bridgehead atoms. The number of nitrogen functional groups attached to an aromatic ring is 1. The highest BCUT2D eigenvalue weighted by Crippen LogP contribution is 2.34. The molecule has 1 aromatic carbocycles. The zero-order valence-corrected chi connectivity index (χ0v) is 12.2. The van der Waals surface area contributed by atoms with Gasteiger partial charge in [-0.25, -0.2) is 8.42 Å². The molecule has 6 heteroatoms. The van der Waals surface area contributed by atoms with Gasteiger partial charge in [0.2, 0.25) is 10.0 Å². The summed E-state index contributed by atoms with van der Waals surface area (Å²) in [5.74, 6) is 3.09. The normalized spacial score (nSPS) is 15.1. The third-order valence-corrected chi connectivity index (χ3v) is 5.06. The van der Waals surface area contributed by atoms with Crippen molar-refractivity contribution in [3.05, 3.63) is 18.2 Å². The Labute approximate surface area is 119 Å². The van der Waals surface area contributed by atoms with Gasteiger partial charge in [0.1, 0.15) is 10.6 Å². The van der Waals surface area contributed by atoms with Crippen molar-refractivity contribution >= 4 is 15.7 Å². The Bertz CT molecular complexity index is 630. The largest absolute Gasteiger partial charge is 0.495 e. The van der Waals surface area contributed by atoms with E-state index in [1.54, 1.807) is 12.1 Å². The first-order chi connectivity index (χ1) is 9.48. The molecular weight excluding hydrogens is 276 g/mol. The van der Waals surface area contributed by atoms with Crippen LogP contribution in [0.1, 0.15) is 12.8 Å². The standard InChI is InChI=1S/C14H18N2O3S/c1-3-8-16(10-11-4-5-11)20(17,18)14-9-12(15)6-7-13(14)19-2/h1,6-7,9,11H,4-5,8,10,15H2,2H3. The molecule has 2 N–H and O–H groups in total. The molecule has 0 saturated heterocycles. The predicted molar refractivity (Wildman–Crippen MR) is 77.7 cm³/mol. The number of hydrogen-bond donors (Lipinski definition) is 1. The average Bonchev–Trinajstić information content (AvgIpc) is 3.22. The summed E-state index contributed by atoms with van der Waals surface area (Å²) in [6, 6.07) is 4.56. The number of ether oxygens (including phenoxy) is 1. The van der Waals surface area contributed by atoms with Crippen LogP contribution in [0.25, 0.3) is 0 Å². The second kappa shape index (κ2) is 5.73. The first-order valence-electron chi connectivity index (χ1n) is 6.36. The average molecular weight is 294 g/mol. The van der Waals surface area contributed by atoms with E-state index >= 15 is 0 Å². The van der Waals surface area contributed by atoms with Crippen molar-refractivity contribution in [3.8, 4) is 18.1 Å². The molecule has 0 unspecified atom stereocenters. The van der Waals surface area contributed by atoms with Crippen molar-refractivity contribution in [2.75, 3.05) is 25.9 Å². The summed E-state index contributed by atoms with van der Waals surface area (Å²) < 4.78 is 31.9. The number of rotatable bonds is 6. The van der Waals surface area contributed by atoms with Crippen molar-refractivity contribution in [1.82, 2.24) is 4.31 Å². The van der Waals surface area contributed by atoms with E-state index in [2.05, 4.69) is 5.92 Å². The van der Waals surface area contributed by atoms with E-state index < -0.39 is 10.0 Å². The van der Waals surface area contributed by atoms with E-state index in [0.717, 1.165) is 12.8 Å². The Morgan fingerprint density at radius 3 is 2.75 bits per heavy atom. The molecule has 1 aliphatic rings. The first-order valence-corrected chi connectivity index (χ1v) is 7.80. The second-order valence-corrected chi connectivity index (χ2v) is 6.76. The number of methoxy groups -OCH3 is 1. The molecule has 108 valence electrons. The van der Waals surface area contributed by atoms with Gasteiger partial charge < -0.3 is 10.5 Å². The minimum absolute atomic E-state index is 0.0524. The molecule has 0 aliphatic heterocycles. The zero-order chi connectivity index (χ0) is 14.8. The third kappa shape index (κ3) is 3.06. The van der Waals surface area contributed by atoms with Crippen LogP contribution < -0.4 is 10.5 Å². The first kappa shape index (κ1) is 14.7.